The molecular weight excluding hydrogens is 368 g/mol. The number of nitrogens with zero attached hydrogens (tertiary/aromatic N) is 1. The number of nitrogens with two attached hydrogens (primary N) is 1. The summed E-state index contributed by atoms with van der Waals surface area (Å²) in [5, 5.41) is 9.70. The average Bonchev–Trinajstić information content (AvgIpc) is 2.73. The minimum atomic E-state index is -0.661. The number of benzene rings is 2. The van der Waals surface area contributed by atoms with E-state index in [1.165, 1.54) is 0 Å². The molecule has 6 heteroatoms. The van der Waals surface area contributed by atoms with Crippen molar-refractivity contribution in [2.24, 2.45) is 5.73 Å². The molecule has 0 saturated heterocycles. The second kappa shape index (κ2) is 8.53. The number of hydrogen-bond acceptors (Lipinski definition) is 6. The number of ether oxygens (including phenoxy) is 3. The molecule has 1 atom stereocenters. The largest absolute Gasteiger partial charge is 0.497 e. The molecule has 0 bridgehead atoms. The molecule has 0 saturated carbocycles. The number of allylic oxidation sites excluding steroid dienone is 2. The van der Waals surface area contributed by atoms with E-state index in [2.05, 4.69) is 6.07 Å². The van der Waals surface area contributed by atoms with Gasteiger partial charge in [-0.2, -0.15) is 5.26 Å². The summed E-state index contributed by atoms with van der Waals surface area (Å²) in [5.74, 6) is -0.0891. The monoisotopic (exact) mass is 390 g/mol. The number of rotatable bonds is 5. The molecular formula is C23H22N2O4. The van der Waals surface area contributed by atoms with Gasteiger partial charge in [0, 0.05) is 0 Å². The first-order valence-corrected chi connectivity index (χ1v) is 9.20. The van der Waals surface area contributed by atoms with Crippen molar-refractivity contribution in [1.82, 2.24) is 0 Å². The van der Waals surface area contributed by atoms with E-state index in [0.717, 1.165) is 22.4 Å². The summed E-state index contributed by atoms with van der Waals surface area (Å²) in [7, 11) is 1.62. The lowest BCUT2D eigenvalue weighted by Crippen LogP contribution is -2.25. The van der Waals surface area contributed by atoms with Crippen LogP contribution < -0.4 is 10.5 Å². The number of esters is 1. The zero-order valence-electron chi connectivity index (χ0n) is 16.6. The molecule has 148 valence electrons. The summed E-state index contributed by atoms with van der Waals surface area (Å²) in [6.07, 6.45) is 0. The van der Waals surface area contributed by atoms with E-state index in [1.807, 2.05) is 48.5 Å². The minimum absolute atomic E-state index is 0.00195. The van der Waals surface area contributed by atoms with Crippen molar-refractivity contribution in [2.75, 3.05) is 13.7 Å². The van der Waals surface area contributed by atoms with Crippen molar-refractivity contribution in [3.8, 4) is 22.9 Å². The topological polar surface area (TPSA) is 94.6 Å². The lowest BCUT2D eigenvalue weighted by molar-refractivity contribution is -0.139. The molecule has 0 radical (unpaired) electrons. The van der Waals surface area contributed by atoms with E-state index in [9.17, 15) is 10.1 Å². The van der Waals surface area contributed by atoms with Crippen molar-refractivity contribution < 1.29 is 19.0 Å². The zero-order valence-corrected chi connectivity index (χ0v) is 16.6. The summed E-state index contributed by atoms with van der Waals surface area (Å²) in [5.41, 5.74) is 9.10. The Kier molecular flexibility index (Phi) is 5.89. The van der Waals surface area contributed by atoms with Gasteiger partial charge in [-0.3, -0.25) is 0 Å². The number of carbonyl (C=O) groups excluding carboxylic acids is 1. The van der Waals surface area contributed by atoms with Crippen LogP contribution in [0, 0.1) is 11.3 Å². The smallest absolute Gasteiger partial charge is 0.338 e. The van der Waals surface area contributed by atoms with Crippen LogP contribution in [0.2, 0.25) is 0 Å². The summed E-state index contributed by atoms with van der Waals surface area (Å²) in [6, 6.07) is 17.4. The van der Waals surface area contributed by atoms with E-state index in [1.54, 1.807) is 21.0 Å². The van der Waals surface area contributed by atoms with Crippen LogP contribution in [0.3, 0.4) is 0 Å². The van der Waals surface area contributed by atoms with Gasteiger partial charge in [-0.05, 0) is 42.7 Å². The third-order valence-corrected chi connectivity index (χ3v) is 4.74. The van der Waals surface area contributed by atoms with E-state index >= 15 is 0 Å². The molecule has 1 aliphatic rings. The zero-order chi connectivity index (χ0) is 21.0. The van der Waals surface area contributed by atoms with E-state index in [-0.39, 0.29) is 23.6 Å². The fourth-order valence-corrected chi connectivity index (χ4v) is 3.37. The van der Waals surface area contributed by atoms with Crippen molar-refractivity contribution >= 4 is 5.97 Å². The highest BCUT2D eigenvalue weighted by Gasteiger charge is 2.36. The fraction of sp³-hybridized carbons (Fsp3) is 0.217. The van der Waals surface area contributed by atoms with Gasteiger partial charge in [-0.15, -0.1) is 0 Å². The van der Waals surface area contributed by atoms with Crippen LogP contribution >= 0.6 is 0 Å². The number of hydrogen-bond donors (Lipinski definition) is 1. The van der Waals surface area contributed by atoms with Gasteiger partial charge in [0.15, 0.2) is 0 Å². The van der Waals surface area contributed by atoms with Crippen LogP contribution in [0.5, 0.6) is 5.75 Å². The van der Waals surface area contributed by atoms with Gasteiger partial charge in [0.2, 0.25) is 5.88 Å². The molecule has 0 aromatic heterocycles. The maximum absolute atomic E-state index is 12.6. The molecule has 0 amide bonds. The van der Waals surface area contributed by atoms with Crippen molar-refractivity contribution in [1.29, 1.82) is 5.26 Å². The van der Waals surface area contributed by atoms with Gasteiger partial charge in [-0.1, -0.05) is 36.4 Å². The maximum atomic E-state index is 12.6. The standard InChI is InChI=1S/C23H22N2O4/c1-4-28-23(26)20-14(2)29-22(25)19(13-24)21(20)17-7-5-6-16(12-17)15-8-10-18(27-3)11-9-15/h5-12,21H,4,25H2,1-3H3. The fourth-order valence-electron chi connectivity index (χ4n) is 3.37. The highest BCUT2D eigenvalue weighted by atomic mass is 16.5. The molecule has 0 fully saturated rings. The molecule has 2 aromatic carbocycles. The molecule has 2 aromatic rings. The van der Waals surface area contributed by atoms with Crippen LogP contribution in [0.1, 0.15) is 25.3 Å². The summed E-state index contributed by atoms with van der Waals surface area (Å²) in [4.78, 5) is 12.6. The molecule has 0 aliphatic carbocycles. The van der Waals surface area contributed by atoms with Crippen molar-refractivity contribution in [3.05, 3.63) is 76.9 Å². The SMILES string of the molecule is CCOC(=O)C1=C(C)OC(N)=C(C#N)C1c1cccc(-c2ccc(OC)cc2)c1. The normalized spacial score (nSPS) is 16.1. The Labute approximate surface area is 169 Å². The molecule has 1 unspecified atom stereocenters. The first-order chi connectivity index (χ1) is 14.0. The van der Waals surface area contributed by atoms with E-state index in [4.69, 9.17) is 19.9 Å². The average molecular weight is 390 g/mol. The van der Waals surface area contributed by atoms with Crippen LogP contribution in [-0.2, 0) is 14.3 Å². The second-order valence-corrected chi connectivity index (χ2v) is 6.47. The van der Waals surface area contributed by atoms with Crippen LogP contribution in [-0.4, -0.2) is 19.7 Å². The number of nitriles is 1. The van der Waals surface area contributed by atoms with Gasteiger partial charge >= 0.3 is 5.97 Å². The summed E-state index contributed by atoms with van der Waals surface area (Å²) >= 11 is 0. The van der Waals surface area contributed by atoms with E-state index < -0.39 is 11.9 Å². The van der Waals surface area contributed by atoms with Gasteiger partial charge in [0.1, 0.15) is 23.2 Å². The Balaban J connectivity index is 2.10. The third kappa shape index (κ3) is 3.94. The van der Waals surface area contributed by atoms with Gasteiger partial charge in [0.25, 0.3) is 0 Å². The van der Waals surface area contributed by atoms with Crippen molar-refractivity contribution in [3.63, 3.8) is 0 Å². The first kappa shape index (κ1) is 20.0. The predicted molar refractivity (Wildman–Crippen MR) is 108 cm³/mol. The summed E-state index contributed by atoms with van der Waals surface area (Å²) < 4.78 is 15.9. The Morgan fingerprint density at radius 3 is 2.55 bits per heavy atom. The Bertz CT molecular complexity index is 1030. The second-order valence-electron chi connectivity index (χ2n) is 6.47. The number of carbonyl (C=O) groups is 1. The van der Waals surface area contributed by atoms with Crippen LogP contribution in [0.4, 0.5) is 0 Å². The quantitative estimate of drug-likeness (QED) is 0.775. The Hall–Kier alpha value is -3.72. The molecule has 29 heavy (non-hydrogen) atoms. The molecule has 1 heterocycles. The highest BCUT2D eigenvalue weighted by molar-refractivity contribution is 5.92. The molecule has 0 spiro atoms. The molecule has 3 rings (SSSR count). The van der Waals surface area contributed by atoms with Gasteiger partial charge in [0.05, 0.1) is 25.2 Å². The predicted octanol–water partition coefficient (Wildman–Crippen LogP) is 4.01. The lowest BCUT2D eigenvalue weighted by atomic mass is 9.82. The van der Waals surface area contributed by atoms with Gasteiger partial charge in [-0.25, -0.2) is 4.79 Å². The first-order valence-electron chi connectivity index (χ1n) is 9.20. The summed E-state index contributed by atoms with van der Waals surface area (Å²) in [6.45, 7) is 3.59. The number of methoxy groups -OCH3 is 1. The Morgan fingerprint density at radius 2 is 1.93 bits per heavy atom. The van der Waals surface area contributed by atoms with Crippen LogP contribution in [0.25, 0.3) is 11.1 Å². The van der Waals surface area contributed by atoms with Gasteiger partial charge < -0.3 is 19.9 Å². The lowest BCUT2D eigenvalue weighted by Gasteiger charge is -2.27. The third-order valence-electron chi connectivity index (χ3n) is 4.74. The van der Waals surface area contributed by atoms with Crippen molar-refractivity contribution in [2.45, 2.75) is 19.8 Å². The Morgan fingerprint density at radius 1 is 1.21 bits per heavy atom. The highest BCUT2D eigenvalue weighted by Crippen LogP contribution is 2.40. The molecule has 6 nitrogen and oxygen atoms in total. The minimum Gasteiger partial charge on any atom is -0.497 e. The molecule has 2 N–H and O–H groups in total. The maximum Gasteiger partial charge on any atom is 0.338 e. The van der Waals surface area contributed by atoms with Crippen LogP contribution in [0.15, 0.2) is 71.3 Å². The van der Waals surface area contributed by atoms with E-state index in [0.29, 0.717) is 5.76 Å². The molecule has 1 aliphatic heterocycles.